The third-order valence-electron chi connectivity index (χ3n) is 3.12. The number of hydrogen-bond donors (Lipinski definition) is 1. The van der Waals surface area contributed by atoms with Gasteiger partial charge < -0.3 is 10.1 Å². The second kappa shape index (κ2) is 5.75. The summed E-state index contributed by atoms with van der Waals surface area (Å²) in [5.74, 6) is 7.52. The lowest BCUT2D eigenvalue weighted by atomic mass is 9.92. The Morgan fingerprint density at radius 2 is 2.24 bits per heavy atom. The molecule has 90 valence electrons. The van der Waals surface area contributed by atoms with Gasteiger partial charge in [-0.1, -0.05) is 25.1 Å². The number of nitrogens with one attached hydrogen (secondary N) is 1. The number of rotatable bonds is 3. The van der Waals surface area contributed by atoms with E-state index < -0.39 is 0 Å². The number of benzene rings is 1. The maximum atomic E-state index is 5.73. The van der Waals surface area contributed by atoms with Gasteiger partial charge in [0.25, 0.3) is 0 Å². The first-order valence-electron chi connectivity index (χ1n) is 6.17. The zero-order valence-corrected chi connectivity index (χ0v) is 10.5. The smallest absolute Gasteiger partial charge is 0.124 e. The van der Waals surface area contributed by atoms with Crippen LogP contribution in [0.25, 0.3) is 0 Å². The highest BCUT2D eigenvalue weighted by Crippen LogP contribution is 2.34. The zero-order valence-electron chi connectivity index (χ0n) is 10.5. The van der Waals surface area contributed by atoms with Gasteiger partial charge in [-0.05, 0) is 13.0 Å². The Morgan fingerprint density at radius 1 is 1.41 bits per heavy atom. The summed E-state index contributed by atoms with van der Waals surface area (Å²) in [6.45, 7) is 5.82. The van der Waals surface area contributed by atoms with Crippen molar-refractivity contribution in [3.63, 3.8) is 0 Å². The molecule has 0 bridgehead atoms. The highest BCUT2D eigenvalue weighted by molar-refractivity contribution is 5.37. The predicted molar refractivity (Wildman–Crippen MR) is 69.9 cm³/mol. The molecule has 0 spiro atoms. The van der Waals surface area contributed by atoms with Gasteiger partial charge in [0, 0.05) is 30.5 Å². The topological polar surface area (TPSA) is 21.3 Å². The molecule has 1 heterocycles. The fourth-order valence-corrected chi connectivity index (χ4v) is 2.22. The van der Waals surface area contributed by atoms with Crippen LogP contribution in [0.2, 0.25) is 0 Å². The minimum Gasteiger partial charge on any atom is -0.493 e. The maximum Gasteiger partial charge on any atom is 0.124 e. The molecule has 0 aromatic heterocycles. The third kappa shape index (κ3) is 2.81. The maximum absolute atomic E-state index is 5.73. The Kier molecular flexibility index (Phi) is 4.06. The molecule has 1 aromatic carbocycles. The standard InChI is InChI=1S/C15H19NO/c1-3-4-7-10-16-15-12(2)11-17-14-9-6-5-8-13(14)15/h5-6,8-9,12,15-16H,7,10-11H2,1-2H3. The van der Waals surface area contributed by atoms with Gasteiger partial charge in [0.15, 0.2) is 0 Å². The molecule has 1 aromatic rings. The summed E-state index contributed by atoms with van der Waals surface area (Å²) in [7, 11) is 0. The minimum absolute atomic E-state index is 0.388. The highest BCUT2D eigenvalue weighted by Gasteiger charge is 2.26. The summed E-state index contributed by atoms with van der Waals surface area (Å²) >= 11 is 0. The van der Waals surface area contributed by atoms with Crippen LogP contribution in [-0.4, -0.2) is 13.2 Å². The molecular weight excluding hydrogens is 210 g/mol. The highest BCUT2D eigenvalue weighted by atomic mass is 16.5. The van der Waals surface area contributed by atoms with Crippen molar-refractivity contribution >= 4 is 0 Å². The van der Waals surface area contributed by atoms with E-state index >= 15 is 0 Å². The van der Waals surface area contributed by atoms with Crippen LogP contribution in [-0.2, 0) is 0 Å². The second-order valence-corrected chi connectivity index (χ2v) is 4.43. The predicted octanol–water partition coefficient (Wildman–Crippen LogP) is 2.76. The van der Waals surface area contributed by atoms with Crippen molar-refractivity contribution in [1.82, 2.24) is 5.32 Å². The SMILES string of the molecule is CC#CCCNC1c2ccccc2OCC1C. The Labute approximate surface area is 103 Å². The lowest BCUT2D eigenvalue weighted by Gasteiger charge is -2.32. The Hall–Kier alpha value is -1.46. The first-order chi connectivity index (χ1) is 8.33. The molecule has 0 amide bonds. The molecule has 2 unspecified atom stereocenters. The van der Waals surface area contributed by atoms with E-state index in [-0.39, 0.29) is 0 Å². The average molecular weight is 229 g/mol. The molecule has 0 saturated heterocycles. The minimum atomic E-state index is 0.388. The Morgan fingerprint density at radius 3 is 3.06 bits per heavy atom. The van der Waals surface area contributed by atoms with Crippen LogP contribution in [0.3, 0.4) is 0 Å². The Balaban J connectivity index is 2.06. The fourth-order valence-electron chi connectivity index (χ4n) is 2.22. The third-order valence-corrected chi connectivity index (χ3v) is 3.12. The molecule has 2 atom stereocenters. The number of ether oxygens (including phenoxy) is 1. The van der Waals surface area contributed by atoms with Gasteiger partial charge in [-0.15, -0.1) is 11.8 Å². The van der Waals surface area contributed by atoms with Crippen LogP contribution < -0.4 is 10.1 Å². The van der Waals surface area contributed by atoms with E-state index in [9.17, 15) is 0 Å². The molecular formula is C15H19NO. The average Bonchev–Trinajstić information content (AvgIpc) is 2.37. The zero-order chi connectivity index (χ0) is 12.1. The van der Waals surface area contributed by atoms with Crippen molar-refractivity contribution in [1.29, 1.82) is 0 Å². The van der Waals surface area contributed by atoms with Crippen LogP contribution in [0.15, 0.2) is 24.3 Å². The van der Waals surface area contributed by atoms with Gasteiger partial charge in [-0.25, -0.2) is 0 Å². The molecule has 1 N–H and O–H groups in total. The molecule has 0 radical (unpaired) electrons. The first kappa shape index (κ1) is 12.0. The van der Waals surface area contributed by atoms with Crippen LogP contribution in [0.5, 0.6) is 5.75 Å². The lowest BCUT2D eigenvalue weighted by molar-refractivity contribution is 0.189. The molecule has 1 aliphatic rings. The van der Waals surface area contributed by atoms with Gasteiger partial charge in [-0.3, -0.25) is 0 Å². The molecule has 17 heavy (non-hydrogen) atoms. The molecule has 0 aliphatic carbocycles. The fraction of sp³-hybridized carbons (Fsp3) is 0.467. The largest absolute Gasteiger partial charge is 0.493 e. The molecule has 2 heteroatoms. The molecule has 2 nitrogen and oxygen atoms in total. The monoisotopic (exact) mass is 229 g/mol. The van der Waals surface area contributed by atoms with Crippen molar-refractivity contribution in [2.75, 3.05) is 13.2 Å². The quantitative estimate of drug-likeness (QED) is 0.635. The van der Waals surface area contributed by atoms with Crippen molar-refractivity contribution in [2.45, 2.75) is 26.3 Å². The van der Waals surface area contributed by atoms with Crippen molar-refractivity contribution < 1.29 is 4.74 Å². The number of para-hydroxylation sites is 1. The van der Waals surface area contributed by atoms with E-state index in [1.807, 2.05) is 19.1 Å². The van der Waals surface area contributed by atoms with Crippen LogP contribution >= 0.6 is 0 Å². The summed E-state index contributed by atoms with van der Waals surface area (Å²) < 4.78 is 5.73. The van der Waals surface area contributed by atoms with E-state index in [4.69, 9.17) is 4.74 Å². The second-order valence-electron chi connectivity index (χ2n) is 4.43. The summed E-state index contributed by atoms with van der Waals surface area (Å²) in [4.78, 5) is 0. The van der Waals surface area contributed by atoms with E-state index in [1.165, 1.54) is 5.56 Å². The molecule has 2 rings (SSSR count). The summed E-state index contributed by atoms with van der Waals surface area (Å²) in [5, 5.41) is 3.58. The molecule has 0 fully saturated rings. The molecule has 0 saturated carbocycles. The van der Waals surface area contributed by atoms with Crippen LogP contribution in [0.1, 0.15) is 31.9 Å². The molecule has 1 aliphatic heterocycles. The summed E-state index contributed by atoms with van der Waals surface area (Å²) in [6.07, 6.45) is 0.906. The normalized spacial score (nSPS) is 22.0. The lowest BCUT2D eigenvalue weighted by Crippen LogP contribution is -2.34. The Bertz CT molecular complexity index is 430. The van der Waals surface area contributed by atoms with E-state index in [0.29, 0.717) is 12.0 Å². The van der Waals surface area contributed by atoms with E-state index in [2.05, 4.69) is 36.2 Å². The summed E-state index contributed by atoms with van der Waals surface area (Å²) in [5.41, 5.74) is 1.27. The van der Waals surface area contributed by atoms with Gasteiger partial charge >= 0.3 is 0 Å². The van der Waals surface area contributed by atoms with Gasteiger partial charge in [0.1, 0.15) is 5.75 Å². The van der Waals surface area contributed by atoms with Crippen LogP contribution in [0, 0.1) is 17.8 Å². The number of fused-ring (bicyclic) bond motifs is 1. The van der Waals surface area contributed by atoms with Gasteiger partial charge in [0.05, 0.1) is 6.61 Å². The van der Waals surface area contributed by atoms with Crippen LogP contribution in [0.4, 0.5) is 0 Å². The number of hydrogen-bond acceptors (Lipinski definition) is 2. The van der Waals surface area contributed by atoms with Crippen molar-refractivity contribution in [3.8, 4) is 17.6 Å². The van der Waals surface area contributed by atoms with Gasteiger partial charge in [-0.2, -0.15) is 0 Å². The van der Waals surface area contributed by atoms with Crippen molar-refractivity contribution in [3.05, 3.63) is 29.8 Å². The van der Waals surface area contributed by atoms with E-state index in [1.54, 1.807) is 0 Å². The van der Waals surface area contributed by atoms with Crippen molar-refractivity contribution in [2.24, 2.45) is 5.92 Å². The van der Waals surface area contributed by atoms with Gasteiger partial charge in [0.2, 0.25) is 0 Å². The van der Waals surface area contributed by atoms with E-state index in [0.717, 1.165) is 25.3 Å². The first-order valence-corrected chi connectivity index (χ1v) is 6.17. The summed E-state index contributed by atoms with van der Waals surface area (Å²) in [6, 6.07) is 8.67.